The monoisotopic (exact) mass is 321 g/mol. The van der Waals surface area contributed by atoms with Crippen molar-refractivity contribution in [1.29, 1.82) is 0 Å². The van der Waals surface area contributed by atoms with E-state index in [2.05, 4.69) is 27.4 Å². The molecule has 0 amide bonds. The Labute approximate surface area is 134 Å². The van der Waals surface area contributed by atoms with Crippen molar-refractivity contribution in [3.63, 3.8) is 0 Å². The van der Waals surface area contributed by atoms with Crippen LogP contribution in [0, 0.1) is 27.7 Å². The molecule has 0 saturated heterocycles. The van der Waals surface area contributed by atoms with Gasteiger partial charge in [-0.05, 0) is 40.2 Å². The molecule has 0 aliphatic rings. The van der Waals surface area contributed by atoms with Gasteiger partial charge in [0.25, 0.3) is 0 Å². The van der Waals surface area contributed by atoms with Crippen LogP contribution in [0.3, 0.4) is 0 Å². The summed E-state index contributed by atoms with van der Waals surface area (Å²) >= 11 is 6.83. The second-order valence-electron chi connectivity index (χ2n) is 5.05. The number of nitrogens with one attached hydrogen (secondary N) is 1. The van der Waals surface area contributed by atoms with E-state index in [0.29, 0.717) is 10.8 Å². The standard InChI is InChI=1S/C14H19N5S2/c1-6-7(2)18-19-14(11(6)13(15)20)17-9(4)12-8(3)16-10(5)21-12/h9H,1-5H3,(H2,15,20)(H,17,19). The number of hydrogen-bond donors (Lipinski definition) is 2. The average Bonchev–Trinajstić information content (AvgIpc) is 2.72. The Balaban J connectivity index is 2.38. The lowest BCUT2D eigenvalue weighted by molar-refractivity contribution is 0.855. The van der Waals surface area contributed by atoms with Gasteiger partial charge in [0.05, 0.1) is 28.0 Å². The van der Waals surface area contributed by atoms with Crippen LogP contribution in [-0.4, -0.2) is 20.2 Å². The van der Waals surface area contributed by atoms with Gasteiger partial charge < -0.3 is 11.1 Å². The van der Waals surface area contributed by atoms with Gasteiger partial charge in [-0.15, -0.1) is 16.4 Å². The van der Waals surface area contributed by atoms with E-state index in [4.69, 9.17) is 18.0 Å². The molecule has 0 aliphatic carbocycles. The first-order valence-corrected chi connectivity index (χ1v) is 7.87. The number of anilines is 1. The maximum absolute atomic E-state index is 5.85. The van der Waals surface area contributed by atoms with Crippen LogP contribution in [0.4, 0.5) is 5.82 Å². The van der Waals surface area contributed by atoms with Crippen molar-refractivity contribution in [1.82, 2.24) is 15.2 Å². The average molecular weight is 321 g/mol. The molecular formula is C14H19N5S2. The molecule has 0 aliphatic heterocycles. The van der Waals surface area contributed by atoms with E-state index < -0.39 is 0 Å². The summed E-state index contributed by atoms with van der Waals surface area (Å²) in [5.41, 5.74) is 9.44. The summed E-state index contributed by atoms with van der Waals surface area (Å²) in [6.45, 7) is 9.94. The molecule has 0 bridgehead atoms. The molecule has 0 fully saturated rings. The quantitative estimate of drug-likeness (QED) is 0.843. The van der Waals surface area contributed by atoms with Crippen molar-refractivity contribution in [2.75, 3.05) is 5.32 Å². The number of thiazole rings is 1. The number of aryl methyl sites for hydroxylation is 3. The molecular weight excluding hydrogens is 302 g/mol. The van der Waals surface area contributed by atoms with Gasteiger partial charge >= 0.3 is 0 Å². The predicted octanol–water partition coefficient (Wildman–Crippen LogP) is 2.97. The molecule has 21 heavy (non-hydrogen) atoms. The van der Waals surface area contributed by atoms with Crippen molar-refractivity contribution in [2.24, 2.45) is 5.73 Å². The van der Waals surface area contributed by atoms with E-state index >= 15 is 0 Å². The SMILES string of the molecule is Cc1nc(C)c(C(C)Nc2nnc(C)c(C)c2C(N)=S)s1. The Morgan fingerprint density at radius 1 is 1.19 bits per heavy atom. The second-order valence-corrected chi connectivity index (χ2v) is 6.72. The maximum Gasteiger partial charge on any atom is 0.159 e. The predicted molar refractivity (Wildman–Crippen MR) is 91.0 cm³/mol. The summed E-state index contributed by atoms with van der Waals surface area (Å²) in [6, 6.07) is 0.0701. The van der Waals surface area contributed by atoms with Gasteiger partial charge in [-0.25, -0.2) is 4.98 Å². The van der Waals surface area contributed by atoms with Crippen molar-refractivity contribution in [3.8, 4) is 0 Å². The highest BCUT2D eigenvalue weighted by atomic mass is 32.1. The van der Waals surface area contributed by atoms with E-state index in [9.17, 15) is 0 Å². The summed E-state index contributed by atoms with van der Waals surface area (Å²) in [5.74, 6) is 0.628. The lowest BCUT2D eigenvalue weighted by Crippen LogP contribution is -2.19. The van der Waals surface area contributed by atoms with Crippen LogP contribution < -0.4 is 11.1 Å². The fraction of sp³-hybridized carbons (Fsp3) is 0.429. The van der Waals surface area contributed by atoms with E-state index in [0.717, 1.165) is 27.5 Å². The molecule has 5 nitrogen and oxygen atoms in total. The van der Waals surface area contributed by atoms with Crippen LogP contribution in [0.1, 0.15) is 45.4 Å². The molecule has 7 heteroatoms. The molecule has 0 radical (unpaired) electrons. The first-order chi connectivity index (χ1) is 9.81. The summed E-state index contributed by atoms with van der Waals surface area (Å²) in [6.07, 6.45) is 0. The van der Waals surface area contributed by atoms with Crippen molar-refractivity contribution >= 4 is 34.4 Å². The van der Waals surface area contributed by atoms with Crippen LogP contribution in [0.15, 0.2) is 0 Å². The Hall–Kier alpha value is -1.60. The lowest BCUT2D eigenvalue weighted by atomic mass is 10.1. The van der Waals surface area contributed by atoms with Gasteiger partial charge in [0, 0.05) is 4.88 Å². The fourth-order valence-electron chi connectivity index (χ4n) is 2.23. The van der Waals surface area contributed by atoms with E-state index in [1.54, 1.807) is 11.3 Å². The van der Waals surface area contributed by atoms with Crippen LogP contribution in [-0.2, 0) is 0 Å². The first kappa shape index (κ1) is 15.8. The number of rotatable bonds is 4. The van der Waals surface area contributed by atoms with E-state index in [1.165, 1.54) is 4.88 Å². The topological polar surface area (TPSA) is 76.7 Å². The third-order valence-corrected chi connectivity index (χ3v) is 4.85. The molecule has 3 N–H and O–H groups in total. The largest absolute Gasteiger partial charge is 0.389 e. The minimum Gasteiger partial charge on any atom is -0.389 e. The number of hydrogen-bond acceptors (Lipinski definition) is 6. The normalized spacial score (nSPS) is 12.2. The summed E-state index contributed by atoms with van der Waals surface area (Å²) in [7, 11) is 0. The molecule has 2 rings (SSSR count). The molecule has 2 heterocycles. The van der Waals surface area contributed by atoms with Crippen LogP contribution in [0.2, 0.25) is 0 Å². The van der Waals surface area contributed by atoms with Crippen molar-refractivity contribution < 1.29 is 0 Å². The van der Waals surface area contributed by atoms with Gasteiger partial charge in [-0.3, -0.25) is 0 Å². The minimum absolute atomic E-state index is 0.0701. The van der Waals surface area contributed by atoms with E-state index in [-0.39, 0.29) is 6.04 Å². The highest BCUT2D eigenvalue weighted by molar-refractivity contribution is 7.80. The van der Waals surface area contributed by atoms with Gasteiger partial charge in [-0.1, -0.05) is 12.2 Å². The summed E-state index contributed by atoms with van der Waals surface area (Å²) in [5, 5.41) is 12.8. The number of nitrogens with two attached hydrogens (primary N) is 1. The third-order valence-electron chi connectivity index (χ3n) is 3.39. The minimum atomic E-state index is 0.0701. The van der Waals surface area contributed by atoms with E-state index in [1.807, 2.05) is 27.7 Å². The van der Waals surface area contributed by atoms with Crippen LogP contribution >= 0.6 is 23.6 Å². The third kappa shape index (κ3) is 3.19. The highest BCUT2D eigenvalue weighted by Crippen LogP contribution is 2.28. The Kier molecular flexibility index (Phi) is 4.53. The summed E-state index contributed by atoms with van der Waals surface area (Å²) in [4.78, 5) is 5.97. The van der Waals surface area contributed by atoms with Crippen molar-refractivity contribution in [2.45, 2.75) is 40.7 Å². The Bertz CT molecular complexity index is 693. The highest BCUT2D eigenvalue weighted by Gasteiger charge is 2.18. The molecule has 2 aromatic heterocycles. The molecule has 0 aromatic carbocycles. The maximum atomic E-state index is 5.85. The molecule has 1 unspecified atom stereocenters. The summed E-state index contributed by atoms with van der Waals surface area (Å²) < 4.78 is 0. The van der Waals surface area contributed by atoms with Gasteiger partial charge in [0.2, 0.25) is 0 Å². The zero-order chi connectivity index (χ0) is 15.7. The second kappa shape index (κ2) is 6.03. The molecule has 1 atom stereocenters. The number of nitrogens with zero attached hydrogens (tertiary/aromatic N) is 3. The lowest BCUT2D eigenvalue weighted by Gasteiger charge is -2.17. The van der Waals surface area contributed by atoms with Crippen LogP contribution in [0.25, 0.3) is 0 Å². The number of thiocarbonyl (C=S) groups is 1. The zero-order valence-corrected chi connectivity index (χ0v) is 14.4. The molecule has 2 aromatic rings. The molecule has 112 valence electrons. The van der Waals surface area contributed by atoms with Gasteiger partial charge in [0.15, 0.2) is 5.82 Å². The smallest absolute Gasteiger partial charge is 0.159 e. The van der Waals surface area contributed by atoms with Crippen molar-refractivity contribution in [3.05, 3.63) is 32.4 Å². The van der Waals surface area contributed by atoms with Crippen LogP contribution in [0.5, 0.6) is 0 Å². The van der Waals surface area contributed by atoms with Gasteiger partial charge in [-0.2, -0.15) is 5.10 Å². The van der Waals surface area contributed by atoms with Gasteiger partial charge in [0.1, 0.15) is 4.99 Å². The molecule has 0 saturated carbocycles. The zero-order valence-electron chi connectivity index (χ0n) is 12.8. The number of aromatic nitrogens is 3. The fourth-order valence-corrected chi connectivity index (χ4v) is 3.41. The first-order valence-electron chi connectivity index (χ1n) is 6.65. The Morgan fingerprint density at radius 3 is 2.38 bits per heavy atom. The Morgan fingerprint density at radius 2 is 1.86 bits per heavy atom. The molecule has 0 spiro atoms.